The molecular formula is C17H21N3O2. The summed E-state index contributed by atoms with van der Waals surface area (Å²) in [6, 6.07) is 9.15. The average Bonchev–Trinajstić information content (AvgIpc) is 3.00. The van der Waals surface area contributed by atoms with Crippen molar-refractivity contribution >= 4 is 23.6 Å². The number of hydrogen-bond donors (Lipinski definition) is 2. The Morgan fingerprint density at radius 3 is 2.50 bits per heavy atom. The van der Waals surface area contributed by atoms with Crippen molar-refractivity contribution in [2.24, 2.45) is 0 Å². The summed E-state index contributed by atoms with van der Waals surface area (Å²) in [5.74, 6) is -0.258. The van der Waals surface area contributed by atoms with E-state index in [2.05, 4.69) is 35.1 Å². The lowest BCUT2D eigenvalue weighted by Gasteiger charge is -2.22. The van der Waals surface area contributed by atoms with E-state index < -0.39 is 0 Å². The van der Waals surface area contributed by atoms with Gasteiger partial charge in [-0.2, -0.15) is 0 Å². The summed E-state index contributed by atoms with van der Waals surface area (Å²) in [4.78, 5) is 27.8. The Morgan fingerprint density at radius 2 is 1.95 bits per heavy atom. The van der Waals surface area contributed by atoms with Gasteiger partial charge in [-0.3, -0.25) is 9.59 Å². The van der Waals surface area contributed by atoms with E-state index in [0.29, 0.717) is 17.7 Å². The summed E-state index contributed by atoms with van der Waals surface area (Å²) < 4.78 is 0. The summed E-state index contributed by atoms with van der Waals surface area (Å²) >= 11 is 0. The molecule has 0 spiro atoms. The predicted molar refractivity (Wildman–Crippen MR) is 88.9 cm³/mol. The van der Waals surface area contributed by atoms with Gasteiger partial charge in [-0.25, -0.2) is 0 Å². The molecule has 0 atom stereocenters. The standard InChI is InChI=1S/C17H21N3O2/c1-4-20(5-2)14-7-9-15(12(3)10-14)19-17(22)16-8-6-13(11-21)18-16/h6-11,18H,4-5H2,1-3H3,(H,19,22). The Hall–Kier alpha value is -2.56. The minimum absolute atomic E-state index is 0.258. The molecule has 0 saturated heterocycles. The lowest BCUT2D eigenvalue weighted by molar-refractivity contribution is 0.102. The molecule has 5 nitrogen and oxygen atoms in total. The summed E-state index contributed by atoms with van der Waals surface area (Å²) in [6.45, 7) is 8.08. The largest absolute Gasteiger partial charge is 0.372 e. The molecular weight excluding hydrogens is 278 g/mol. The monoisotopic (exact) mass is 299 g/mol. The third-order valence-electron chi connectivity index (χ3n) is 3.67. The molecule has 0 unspecified atom stereocenters. The van der Waals surface area contributed by atoms with Crippen LogP contribution in [-0.4, -0.2) is 30.3 Å². The lowest BCUT2D eigenvalue weighted by atomic mass is 10.1. The Balaban J connectivity index is 2.16. The van der Waals surface area contributed by atoms with Crippen LogP contribution in [0.3, 0.4) is 0 Å². The van der Waals surface area contributed by atoms with E-state index in [-0.39, 0.29) is 5.91 Å². The number of aromatic amines is 1. The molecule has 2 N–H and O–H groups in total. The number of nitrogens with zero attached hydrogens (tertiary/aromatic N) is 1. The van der Waals surface area contributed by atoms with Crippen LogP contribution < -0.4 is 10.2 Å². The second kappa shape index (κ2) is 6.93. The lowest BCUT2D eigenvalue weighted by Crippen LogP contribution is -2.22. The summed E-state index contributed by atoms with van der Waals surface area (Å²) in [6.07, 6.45) is 0.681. The van der Waals surface area contributed by atoms with E-state index in [0.717, 1.165) is 30.0 Å². The number of aryl methyl sites for hydroxylation is 1. The molecule has 1 aromatic heterocycles. The topological polar surface area (TPSA) is 65.2 Å². The third kappa shape index (κ3) is 3.36. The maximum Gasteiger partial charge on any atom is 0.272 e. The fraction of sp³-hybridized carbons (Fsp3) is 0.294. The molecule has 1 amide bonds. The van der Waals surface area contributed by atoms with Crippen molar-refractivity contribution in [3.63, 3.8) is 0 Å². The number of anilines is 2. The number of rotatable bonds is 6. The van der Waals surface area contributed by atoms with Crippen LogP contribution in [0.25, 0.3) is 0 Å². The van der Waals surface area contributed by atoms with E-state index in [4.69, 9.17) is 0 Å². The van der Waals surface area contributed by atoms with Crippen LogP contribution in [0.4, 0.5) is 11.4 Å². The number of benzene rings is 1. The van der Waals surface area contributed by atoms with Crippen LogP contribution in [0.5, 0.6) is 0 Å². The predicted octanol–water partition coefficient (Wildman–Crippen LogP) is 3.23. The fourth-order valence-corrected chi connectivity index (χ4v) is 2.38. The van der Waals surface area contributed by atoms with Crippen LogP contribution in [0.1, 0.15) is 40.4 Å². The quantitative estimate of drug-likeness (QED) is 0.805. The van der Waals surface area contributed by atoms with Crippen LogP contribution in [0.15, 0.2) is 30.3 Å². The van der Waals surface area contributed by atoms with Gasteiger partial charge in [-0.15, -0.1) is 0 Å². The summed E-state index contributed by atoms with van der Waals surface area (Å²) in [5, 5.41) is 2.86. The molecule has 0 radical (unpaired) electrons. The Bertz CT molecular complexity index is 672. The van der Waals surface area contributed by atoms with E-state index in [9.17, 15) is 9.59 Å². The highest BCUT2D eigenvalue weighted by Gasteiger charge is 2.11. The molecule has 5 heteroatoms. The van der Waals surface area contributed by atoms with Gasteiger partial charge in [0.1, 0.15) is 5.69 Å². The van der Waals surface area contributed by atoms with Gasteiger partial charge in [-0.05, 0) is 56.7 Å². The maximum atomic E-state index is 12.2. The van der Waals surface area contributed by atoms with Crippen molar-refractivity contribution in [3.8, 4) is 0 Å². The van der Waals surface area contributed by atoms with Crippen LogP contribution >= 0.6 is 0 Å². The molecule has 0 saturated carbocycles. The maximum absolute atomic E-state index is 12.2. The molecule has 0 aliphatic carbocycles. The van der Waals surface area contributed by atoms with Gasteiger partial charge in [0.05, 0.1) is 5.69 Å². The fourth-order valence-electron chi connectivity index (χ4n) is 2.38. The molecule has 2 aromatic rings. The van der Waals surface area contributed by atoms with Crippen LogP contribution in [0, 0.1) is 6.92 Å². The molecule has 0 aliphatic rings. The van der Waals surface area contributed by atoms with E-state index in [1.807, 2.05) is 19.1 Å². The normalized spacial score (nSPS) is 10.3. The first-order chi connectivity index (χ1) is 10.6. The Morgan fingerprint density at radius 1 is 1.23 bits per heavy atom. The van der Waals surface area contributed by atoms with Crippen LogP contribution in [-0.2, 0) is 0 Å². The second-order valence-corrected chi connectivity index (χ2v) is 5.07. The molecule has 1 aromatic carbocycles. The number of carbonyl (C=O) groups is 2. The first kappa shape index (κ1) is 15.8. The first-order valence-electron chi connectivity index (χ1n) is 7.40. The number of H-pyrrole nitrogens is 1. The van der Waals surface area contributed by atoms with Gasteiger partial charge in [0.15, 0.2) is 6.29 Å². The van der Waals surface area contributed by atoms with Crippen molar-refractivity contribution in [2.45, 2.75) is 20.8 Å². The zero-order valence-electron chi connectivity index (χ0n) is 13.1. The van der Waals surface area contributed by atoms with Crippen molar-refractivity contribution in [3.05, 3.63) is 47.3 Å². The van der Waals surface area contributed by atoms with Gasteiger partial charge in [0.25, 0.3) is 5.91 Å². The van der Waals surface area contributed by atoms with E-state index in [1.54, 1.807) is 12.1 Å². The highest BCUT2D eigenvalue weighted by molar-refractivity contribution is 6.04. The molecule has 0 bridgehead atoms. The second-order valence-electron chi connectivity index (χ2n) is 5.07. The zero-order valence-corrected chi connectivity index (χ0v) is 13.1. The molecule has 0 fully saturated rings. The van der Waals surface area contributed by atoms with Crippen molar-refractivity contribution in [2.75, 3.05) is 23.3 Å². The minimum Gasteiger partial charge on any atom is -0.372 e. The summed E-state index contributed by atoms with van der Waals surface area (Å²) in [5.41, 5.74) is 3.67. The average molecular weight is 299 g/mol. The van der Waals surface area contributed by atoms with Gasteiger partial charge in [0.2, 0.25) is 0 Å². The smallest absolute Gasteiger partial charge is 0.272 e. The number of aromatic nitrogens is 1. The number of aldehydes is 1. The minimum atomic E-state index is -0.258. The van der Waals surface area contributed by atoms with Crippen molar-refractivity contribution in [1.82, 2.24) is 4.98 Å². The van der Waals surface area contributed by atoms with Crippen molar-refractivity contribution < 1.29 is 9.59 Å². The Labute approximate surface area is 130 Å². The number of amides is 1. The van der Waals surface area contributed by atoms with Crippen LogP contribution in [0.2, 0.25) is 0 Å². The molecule has 0 aliphatic heterocycles. The molecule has 2 rings (SSSR count). The highest BCUT2D eigenvalue weighted by Crippen LogP contribution is 2.23. The van der Waals surface area contributed by atoms with Gasteiger partial charge < -0.3 is 15.2 Å². The Kier molecular flexibility index (Phi) is 4.99. The molecule has 116 valence electrons. The molecule has 22 heavy (non-hydrogen) atoms. The number of carbonyl (C=O) groups excluding carboxylic acids is 2. The highest BCUT2D eigenvalue weighted by atomic mass is 16.2. The number of nitrogens with one attached hydrogen (secondary N) is 2. The zero-order chi connectivity index (χ0) is 16.1. The summed E-state index contributed by atoms with van der Waals surface area (Å²) in [7, 11) is 0. The third-order valence-corrected chi connectivity index (χ3v) is 3.67. The SMILES string of the molecule is CCN(CC)c1ccc(NC(=O)c2ccc(C=O)[nH]2)c(C)c1. The van der Waals surface area contributed by atoms with Gasteiger partial charge >= 0.3 is 0 Å². The van der Waals surface area contributed by atoms with Gasteiger partial charge in [-0.1, -0.05) is 0 Å². The van der Waals surface area contributed by atoms with Gasteiger partial charge in [0, 0.05) is 24.5 Å². The van der Waals surface area contributed by atoms with Crippen molar-refractivity contribution in [1.29, 1.82) is 0 Å². The van der Waals surface area contributed by atoms with E-state index >= 15 is 0 Å². The number of hydrogen-bond acceptors (Lipinski definition) is 3. The first-order valence-corrected chi connectivity index (χ1v) is 7.40. The molecule has 1 heterocycles. The van der Waals surface area contributed by atoms with E-state index in [1.165, 1.54) is 0 Å².